The molecule has 5 nitrogen and oxygen atoms in total. The Hall–Kier alpha value is -0.630. The molecule has 1 aliphatic heterocycles. The summed E-state index contributed by atoms with van der Waals surface area (Å²) in [6.07, 6.45) is 0.243. The van der Waals surface area contributed by atoms with E-state index in [0.717, 1.165) is 29.2 Å². The second-order valence-corrected chi connectivity index (χ2v) is 4.77. The van der Waals surface area contributed by atoms with Crippen molar-refractivity contribution in [1.82, 2.24) is 9.97 Å². The van der Waals surface area contributed by atoms with E-state index in [1.54, 1.807) is 7.11 Å². The summed E-state index contributed by atoms with van der Waals surface area (Å²) in [6, 6.07) is 2.38. The number of morpholine rings is 1. The van der Waals surface area contributed by atoms with Crippen LogP contribution in [-0.2, 0) is 4.74 Å². The molecule has 0 unspecified atom stereocenters. The average molecular weight is 335 g/mol. The molecule has 0 aliphatic carbocycles. The molecule has 0 N–H and O–H groups in total. The van der Waals surface area contributed by atoms with Crippen LogP contribution in [0, 0.1) is 3.70 Å². The predicted molar refractivity (Wildman–Crippen MR) is 68.9 cm³/mol. The molecule has 1 aromatic heterocycles. The predicted octanol–water partition coefficient (Wildman–Crippen LogP) is 1.31. The smallest absolute Gasteiger partial charge is 0.319 e. The zero-order chi connectivity index (χ0) is 11.5. The Morgan fingerprint density at radius 2 is 2.38 bits per heavy atom. The van der Waals surface area contributed by atoms with Crippen LogP contribution < -0.4 is 9.64 Å². The minimum absolute atomic E-state index is 0.243. The van der Waals surface area contributed by atoms with Gasteiger partial charge in [0, 0.05) is 19.2 Å². The van der Waals surface area contributed by atoms with E-state index in [1.807, 2.05) is 6.07 Å². The molecule has 2 rings (SSSR count). The fraction of sp³-hybridized carbons (Fsp3) is 0.600. The molecule has 0 spiro atoms. The fourth-order valence-electron chi connectivity index (χ4n) is 1.67. The molecule has 1 aliphatic rings. The summed E-state index contributed by atoms with van der Waals surface area (Å²) in [5.74, 6) is 0.909. The molecule has 88 valence electrons. The van der Waals surface area contributed by atoms with Gasteiger partial charge in [-0.2, -0.15) is 9.97 Å². The van der Waals surface area contributed by atoms with Gasteiger partial charge in [0.1, 0.15) is 9.52 Å². The monoisotopic (exact) mass is 335 g/mol. The van der Waals surface area contributed by atoms with Gasteiger partial charge in [-0.15, -0.1) is 0 Å². The lowest BCUT2D eigenvalue weighted by Gasteiger charge is -2.32. The third-order valence-electron chi connectivity index (χ3n) is 2.41. The molecule has 0 aromatic carbocycles. The number of aromatic nitrogens is 2. The third kappa shape index (κ3) is 2.73. The standard InChI is InChI=1S/C10H14IN3O2/c1-7-6-14(3-4-16-7)9-5-8(11)12-10(13-9)15-2/h5,7H,3-4,6H2,1-2H3/t7-/m1/s1. The molecule has 1 atom stereocenters. The van der Waals surface area contributed by atoms with Gasteiger partial charge in [-0.25, -0.2) is 0 Å². The second-order valence-electron chi connectivity index (χ2n) is 3.66. The summed E-state index contributed by atoms with van der Waals surface area (Å²) in [4.78, 5) is 10.7. The number of ether oxygens (including phenoxy) is 2. The average Bonchev–Trinajstić information content (AvgIpc) is 2.28. The van der Waals surface area contributed by atoms with Crippen molar-refractivity contribution < 1.29 is 9.47 Å². The van der Waals surface area contributed by atoms with Gasteiger partial charge in [0.05, 0.1) is 19.8 Å². The highest BCUT2D eigenvalue weighted by molar-refractivity contribution is 14.1. The van der Waals surface area contributed by atoms with E-state index in [4.69, 9.17) is 9.47 Å². The van der Waals surface area contributed by atoms with Gasteiger partial charge in [-0.05, 0) is 29.5 Å². The largest absolute Gasteiger partial charge is 0.467 e. The minimum atomic E-state index is 0.243. The van der Waals surface area contributed by atoms with Crippen molar-refractivity contribution in [2.75, 3.05) is 31.7 Å². The quantitative estimate of drug-likeness (QED) is 0.603. The zero-order valence-corrected chi connectivity index (χ0v) is 11.5. The number of rotatable bonds is 2. The number of hydrogen-bond donors (Lipinski definition) is 0. The topological polar surface area (TPSA) is 47.5 Å². The molecule has 6 heteroatoms. The number of anilines is 1. The van der Waals surface area contributed by atoms with Crippen molar-refractivity contribution in [1.29, 1.82) is 0 Å². The lowest BCUT2D eigenvalue weighted by Crippen LogP contribution is -2.41. The SMILES string of the molecule is COc1nc(I)cc(N2CCO[C@H](C)C2)n1. The molecule has 16 heavy (non-hydrogen) atoms. The van der Waals surface area contributed by atoms with Crippen LogP contribution in [0.4, 0.5) is 5.82 Å². The number of halogens is 1. The van der Waals surface area contributed by atoms with Gasteiger partial charge in [0.25, 0.3) is 0 Å². The summed E-state index contributed by atoms with van der Waals surface area (Å²) in [5, 5.41) is 0. The van der Waals surface area contributed by atoms with Gasteiger partial charge in [0.15, 0.2) is 0 Å². The molecule has 0 saturated carbocycles. The number of hydrogen-bond acceptors (Lipinski definition) is 5. The molecular formula is C10H14IN3O2. The van der Waals surface area contributed by atoms with Crippen LogP contribution in [0.5, 0.6) is 6.01 Å². The van der Waals surface area contributed by atoms with Crippen LogP contribution in [0.25, 0.3) is 0 Å². The van der Waals surface area contributed by atoms with Crippen LogP contribution in [0.15, 0.2) is 6.07 Å². The van der Waals surface area contributed by atoms with Crippen molar-refractivity contribution in [3.8, 4) is 6.01 Å². The first kappa shape index (κ1) is 11.8. The van der Waals surface area contributed by atoms with E-state index in [-0.39, 0.29) is 6.10 Å². The van der Waals surface area contributed by atoms with Crippen molar-refractivity contribution in [3.05, 3.63) is 9.77 Å². The Labute approximate surface area is 108 Å². The van der Waals surface area contributed by atoms with E-state index < -0.39 is 0 Å². The lowest BCUT2D eigenvalue weighted by atomic mass is 10.3. The van der Waals surface area contributed by atoms with E-state index in [2.05, 4.69) is 44.4 Å². The van der Waals surface area contributed by atoms with Crippen LogP contribution in [0.3, 0.4) is 0 Å². The first-order chi connectivity index (χ1) is 7.69. The first-order valence-corrected chi connectivity index (χ1v) is 6.22. The highest BCUT2D eigenvalue weighted by Crippen LogP contribution is 2.19. The summed E-state index contributed by atoms with van der Waals surface area (Å²) < 4.78 is 11.5. The second kappa shape index (κ2) is 5.13. The first-order valence-electron chi connectivity index (χ1n) is 5.14. The summed E-state index contributed by atoms with van der Waals surface area (Å²) in [5.41, 5.74) is 0. The van der Waals surface area contributed by atoms with E-state index >= 15 is 0 Å². The molecule has 0 amide bonds. The van der Waals surface area contributed by atoms with Crippen LogP contribution in [0.1, 0.15) is 6.92 Å². The van der Waals surface area contributed by atoms with Gasteiger partial charge in [-0.1, -0.05) is 0 Å². The van der Waals surface area contributed by atoms with Crippen molar-refractivity contribution in [3.63, 3.8) is 0 Å². The van der Waals surface area contributed by atoms with Crippen molar-refractivity contribution in [2.45, 2.75) is 13.0 Å². The Bertz CT molecular complexity index is 375. The Kier molecular flexibility index (Phi) is 3.80. The van der Waals surface area contributed by atoms with Crippen LogP contribution in [-0.4, -0.2) is 42.9 Å². The van der Waals surface area contributed by atoms with E-state index in [1.165, 1.54) is 0 Å². The van der Waals surface area contributed by atoms with Gasteiger partial charge in [-0.3, -0.25) is 0 Å². The van der Waals surface area contributed by atoms with Gasteiger partial charge in [0.2, 0.25) is 0 Å². The number of methoxy groups -OCH3 is 1. The molecule has 1 fully saturated rings. The van der Waals surface area contributed by atoms with E-state index in [9.17, 15) is 0 Å². The summed E-state index contributed by atoms with van der Waals surface area (Å²) in [7, 11) is 1.58. The Morgan fingerprint density at radius 1 is 1.56 bits per heavy atom. The fourth-order valence-corrected chi connectivity index (χ4v) is 2.15. The Balaban J connectivity index is 2.21. The molecule has 0 bridgehead atoms. The molecular weight excluding hydrogens is 321 g/mol. The van der Waals surface area contributed by atoms with E-state index in [0.29, 0.717) is 6.01 Å². The highest BCUT2D eigenvalue weighted by atomic mass is 127. The lowest BCUT2D eigenvalue weighted by molar-refractivity contribution is 0.0529. The molecule has 2 heterocycles. The van der Waals surface area contributed by atoms with Crippen molar-refractivity contribution in [2.24, 2.45) is 0 Å². The summed E-state index contributed by atoms with van der Waals surface area (Å²) >= 11 is 2.17. The van der Waals surface area contributed by atoms with Crippen molar-refractivity contribution >= 4 is 28.4 Å². The van der Waals surface area contributed by atoms with Crippen LogP contribution in [0.2, 0.25) is 0 Å². The molecule has 0 radical (unpaired) electrons. The zero-order valence-electron chi connectivity index (χ0n) is 9.31. The normalized spacial score (nSPS) is 20.9. The maximum Gasteiger partial charge on any atom is 0.319 e. The van der Waals surface area contributed by atoms with Gasteiger partial charge < -0.3 is 14.4 Å². The summed E-state index contributed by atoms with van der Waals surface area (Å²) in [6.45, 7) is 4.52. The molecule has 1 saturated heterocycles. The van der Waals surface area contributed by atoms with Gasteiger partial charge >= 0.3 is 6.01 Å². The molecule has 1 aromatic rings. The third-order valence-corrected chi connectivity index (χ3v) is 2.96. The minimum Gasteiger partial charge on any atom is -0.467 e. The maximum absolute atomic E-state index is 5.50. The highest BCUT2D eigenvalue weighted by Gasteiger charge is 2.19. The van der Waals surface area contributed by atoms with Crippen LogP contribution >= 0.6 is 22.6 Å². The Morgan fingerprint density at radius 3 is 3.06 bits per heavy atom. The number of nitrogens with zero attached hydrogens (tertiary/aromatic N) is 3. The maximum atomic E-state index is 5.50.